The predicted molar refractivity (Wildman–Crippen MR) is 32.6 cm³/mol. The van der Waals surface area contributed by atoms with Crippen molar-refractivity contribution < 1.29 is 9.63 Å². The molecule has 1 fully saturated rings. The average molecular weight is 129 g/mol. The zero-order valence-corrected chi connectivity index (χ0v) is 5.59. The normalized spacial score (nSPS) is 18.6. The van der Waals surface area contributed by atoms with E-state index in [-0.39, 0.29) is 5.91 Å². The zero-order valence-electron chi connectivity index (χ0n) is 5.59. The maximum absolute atomic E-state index is 10.8. The highest BCUT2D eigenvalue weighted by Gasteiger charge is 2.16. The molecular weight excluding hydrogens is 118 g/mol. The van der Waals surface area contributed by atoms with Crippen molar-refractivity contribution in [1.82, 2.24) is 5.06 Å². The van der Waals surface area contributed by atoms with Crippen LogP contribution in [0.25, 0.3) is 0 Å². The first-order valence-corrected chi connectivity index (χ1v) is 3.28. The van der Waals surface area contributed by atoms with Crippen molar-refractivity contribution in [1.29, 1.82) is 0 Å². The minimum Gasteiger partial charge on any atom is -0.273 e. The van der Waals surface area contributed by atoms with Crippen molar-refractivity contribution in [2.75, 3.05) is 13.2 Å². The Labute approximate surface area is 54.5 Å². The Kier molecular flexibility index (Phi) is 2.05. The van der Waals surface area contributed by atoms with Crippen LogP contribution in [-0.4, -0.2) is 24.1 Å². The Morgan fingerprint density at radius 2 is 2.56 bits per heavy atom. The number of carbonyl (C=O) groups is 1. The van der Waals surface area contributed by atoms with E-state index in [0.717, 1.165) is 13.0 Å². The van der Waals surface area contributed by atoms with Crippen LogP contribution in [0.4, 0.5) is 0 Å². The molecule has 0 aliphatic carbocycles. The van der Waals surface area contributed by atoms with Gasteiger partial charge in [-0.1, -0.05) is 6.92 Å². The second-order valence-corrected chi connectivity index (χ2v) is 2.04. The molecule has 0 saturated carbocycles. The molecule has 9 heavy (non-hydrogen) atoms. The van der Waals surface area contributed by atoms with Crippen LogP contribution in [0.15, 0.2) is 0 Å². The summed E-state index contributed by atoms with van der Waals surface area (Å²) in [4.78, 5) is 15.8. The third kappa shape index (κ3) is 1.42. The molecule has 1 amide bonds. The molecule has 0 spiro atoms. The molecule has 3 heteroatoms. The molecule has 0 radical (unpaired) electrons. The Balaban J connectivity index is 2.32. The van der Waals surface area contributed by atoms with E-state index in [0.29, 0.717) is 13.0 Å². The molecule has 1 aliphatic heterocycles. The first kappa shape index (κ1) is 6.55. The van der Waals surface area contributed by atoms with Gasteiger partial charge in [-0.05, 0) is 6.42 Å². The fraction of sp³-hybridized carbons (Fsp3) is 0.833. The van der Waals surface area contributed by atoms with E-state index in [1.54, 1.807) is 0 Å². The molecule has 0 aromatic carbocycles. The minimum atomic E-state index is 0.0903. The fourth-order valence-corrected chi connectivity index (χ4v) is 0.820. The summed E-state index contributed by atoms with van der Waals surface area (Å²) in [5.74, 6) is 0.0903. The summed E-state index contributed by atoms with van der Waals surface area (Å²) in [5.41, 5.74) is 0. The van der Waals surface area contributed by atoms with Crippen LogP contribution in [-0.2, 0) is 9.63 Å². The lowest BCUT2D eigenvalue weighted by molar-refractivity contribution is -0.168. The van der Waals surface area contributed by atoms with Crippen molar-refractivity contribution in [3.63, 3.8) is 0 Å². The number of rotatable bonds is 1. The highest BCUT2D eigenvalue weighted by molar-refractivity contribution is 5.74. The van der Waals surface area contributed by atoms with Gasteiger partial charge in [-0.15, -0.1) is 0 Å². The van der Waals surface area contributed by atoms with Crippen LogP contribution < -0.4 is 0 Å². The highest BCUT2D eigenvalue weighted by Crippen LogP contribution is 2.04. The zero-order chi connectivity index (χ0) is 6.69. The van der Waals surface area contributed by atoms with Gasteiger partial charge < -0.3 is 0 Å². The average Bonchev–Trinajstić information content (AvgIpc) is 2.37. The first-order valence-electron chi connectivity index (χ1n) is 3.28. The lowest BCUT2D eigenvalue weighted by atomic mass is 10.4. The summed E-state index contributed by atoms with van der Waals surface area (Å²) in [7, 11) is 0. The second kappa shape index (κ2) is 2.82. The van der Waals surface area contributed by atoms with Crippen LogP contribution in [0.3, 0.4) is 0 Å². The number of hydrogen-bond acceptors (Lipinski definition) is 2. The first-order chi connectivity index (χ1) is 4.34. The SMILES string of the molecule is CCC(=O)N1CCCO1. The number of amides is 1. The van der Waals surface area contributed by atoms with Crippen molar-refractivity contribution in [3.05, 3.63) is 0 Å². The van der Waals surface area contributed by atoms with Gasteiger partial charge in [0.25, 0.3) is 0 Å². The second-order valence-electron chi connectivity index (χ2n) is 2.04. The summed E-state index contributed by atoms with van der Waals surface area (Å²) in [6.07, 6.45) is 1.52. The van der Waals surface area contributed by atoms with E-state index in [4.69, 9.17) is 4.84 Å². The maximum Gasteiger partial charge on any atom is 0.245 e. The van der Waals surface area contributed by atoms with Crippen molar-refractivity contribution in [3.8, 4) is 0 Å². The molecule has 0 unspecified atom stereocenters. The molecule has 0 atom stereocenters. The molecule has 0 aromatic rings. The standard InChI is InChI=1S/C6H11NO2/c1-2-6(8)7-4-3-5-9-7/h2-5H2,1H3. The number of hydrogen-bond donors (Lipinski definition) is 0. The van der Waals surface area contributed by atoms with Gasteiger partial charge in [-0.3, -0.25) is 9.63 Å². The van der Waals surface area contributed by atoms with E-state index >= 15 is 0 Å². The number of nitrogens with zero attached hydrogens (tertiary/aromatic N) is 1. The van der Waals surface area contributed by atoms with E-state index in [1.165, 1.54) is 5.06 Å². The monoisotopic (exact) mass is 129 g/mol. The van der Waals surface area contributed by atoms with Crippen LogP contribution >= 0.6 is 0 Å². The largest absolute Gasteiger partial charge is 0.273 e. The van der Waals surface area contributed by atoms with Gasteiger partial charge in [0.05, 0.1) is 13.2 Å². The Morgan fingerprint density at radius 3 is 3.00 bits per heavy atom. The smallest absolute Gasteiger partial charge is 0.245 e. The summed E-state index contributed by atoms with van der Waals surface area (Å²) in [5, 5.41) is 1.44. The van der Waals surface area contributed by atoms with Gasteiger partial charge >= 0.3 is 0 Å². The van der Waals surface area contributed by atoms with Crippen LogP contribution in [0.1, 0.15) is 19.8 Å². The molecule has 1 heterocycles. The molecule has 1 aliphatic rings. The summed E-state index contributed by atoms with van der Waals surface area (Å²) >= 11 is 0. The summed E-state index contributed by atoms with van der Waals surface area (Å²) in [6.45, 7) is 3.31. The van der Waals surface area contributed by atoms with E-state index in [2.05, 4.69) is 0 Å². The van der Waals surface area contributed by atoms with Crippen LogP contribution in [0, 0.1) is 0 Å². The van der Waals surface area contributed by atoms with Gasteiger partial charge in [-0.25, -0.2) is 5.06 Å². The molecule has 1 saturated heterocycles. The van der Waals surface area contributed by atoms with E-state index in [1.807, 2.05) is 6.92 Å². The molecule has 0 aromatic heterocycles. The molecule has 3 nitrogen and oxygen atoms in total. The maximum atomic E-state index is 10.8. The number of hydroxylamine groups is 2. The third-order valence-corrected chi connectivity index (χ3v) is 1.33. The van der Waals surface area contributed by atoms with Crippen LogP contribution in [0.2, 0.25) is 0 Å². The summed E-state index contributed by atoms with van der Waals surface area (Å²) < 4.78 is 0. The van der Waals surface area contributed by atoms with Gasteiger partial charge in [0.15, 0.2) is 0 Å². The van der Waals surface area contributed by atoms with Crippen molar-refractivity contribution in [2.24, 2.45) is 0 Å². The van der Waals surface area contributed by atoms with E-state index < -0.39 is 0 Å². The fourth-order valence-electron chi connectivity index (χ4n) is 0.820. The van der Waals surface area contributed by atoms with Crippen LogP contribution in [0.5, 0.6) is 0 Å². The van der Waals surface area contributed by atoms with Gasteiger partial charge in [0, 0.05) is 6.42 Å². The van der Waals surface area contributed by atoms with Crippen molar-refractivity contribution in [2.45, 2.75) is 19.8 Å². The lowest BCUT2D eigenvalue weighted by Crippen LogP contribution is -2.25. The molecular formula is C6H11NO2. The van der Waals surface area contributed by atoms with E-state index in [9.17, 15) is 4.79 Å². The Bertz CT molecular complexity index is 108. The topological polar surface area (TPSA) is 29.5 Å². The quantitative estimate of drug-likeness (QED) is 0.517. The minimum absolute atomic E-state index is 0.0903. The molecule has 0 bridgehead atoms. The lowest BCUT2D eigenvalue weighted by Gasteiger charge is -2.11. The van der Waals surface area contributed by atoms with Crippen molar-refractivity contribution >= 4 is 5.91 Å². The molecule has 0 N–H and O–H groups in total. The summed E-state index contributed by atoms with van der Waals surface area (Å²) in [6, 6.07) is 0. The molecule has 1 rings (SSSR count). The van der Waals surface area contributed by atoms with Gasteiger partial charge in [0.1, 0.15) is 0 Å². The highest BCUT2D eigenvalue weighted by atomic mass is 16.7. The van der Waals surface area contributed by atoms with Gasteiger partial charge in [0.2, 0.25) is 5.91 Å². The Hall–Kier alpha value is -0.570. The Morgan fingerprint density at radius 1 is 1.78 bits per heavy atom. The van der Waals surface area contributed by atoms with Gasteiger partial charge in [-0.2, -0.15) is 0 Å². The predicted octanol–water partition coefficient (Wildman–Crippen LogP) is 0.560. The number of carbonyl (C=O) groups excluding carboxylic acids is 1. The third-order valence-electron chi connectivity index (χ3n) is 1.33. The molecule has 52 valence electrons.